The molecule has 0 amide bonds. The first-order valence-electron chi connectivity index (χ1n) is 7.85. The van der Waals surface area contributed by atoms with Gasteiger partial charge in [0.15, 0.2) is 0 Å². The topological polar surface area (TPSA) is 44.1 Å². The molecule has 0 aliphatic heterocycles. The molecule has 0 N–H and O–H groups in total. The lowest BCUT2D eigenvalue weighted by Gasteiger charge is -2.10. The highest BCUT2D eigenvalue weighted by Gasteiger charge is 2.06. The second kappa shape index (κ2) is 6.71. The van der Waals surface area contributed by atoms with Crippen molar-refractivity contribution in [3.05, 3.63) is 81.6 Å². The fourth-order valence-corrected chi connectivity index (χ4v) is 2.61. The molecule has 0 unspecified atom stereocenters. The second-order valence-corrected chi connectivity index (χ2v) is 5.87. The van der Waals surface area contributed by atoms with Crippen LogP contribution in [0.4, 0.5) is 0 Å². The van der Waals surface area contributed by atoms with Gasteiger partial charge in [-0.05, 0) is 55.3 Å². The molecule has 4 nitrogen and oxygen atoms in total. The first-order chi connectivity index (χ1) is 11.6. The predicted octanol–water partition coefficient (Wildman–Crippen LogP) is 3.58. The number of hydrogen-bond donors (Lipinski definition) is 0. The molecule has 0 saturated heterocycles. The highest BCUT2D eigenvalue weighted by atomic mass is 16.5. The van der Waals surface area contributed by atoms with Crippen molar-refractivity contribution >= 4 is 0 Å². The van der Waals surface area contributed by atoms with Crippen LogP contribution in [0.25, 0.3) is 11.3 Å². The summed E-state index contributed by atoms with van der Waals surface area (Å²) >= 11 is 0. The average Bonchev–Trinajstić information content (AvgIpc) is 2.60. The zero-order valence-electron chi connectivity index (χ0n) is 14.1. The first-order valence-corrected chi connectivity index (χ1v) is 7.85. The summed E-state index contributed by atoms with van der Waals surface area (Å²) in [6, 6.07) is 17.2. The smallest absolute Gasteiger partial charge is 0.267 e. The van der Waals surface area contributed by atoms with Crippen molar-refractivity contribution < 1.29 is 4.74 Å². The predicted molar refractivity (Wildman–Crippen MR) is 95.5 cm³/mol. The van der Waals surface area contributed by atoms with Gasteiger partial charge in [-0.25, -0.2) is 4.68 Å². The SMILES string of the molecule is COc1ccc(-c2ccc(=O)n(Cc3cc(C)ccc3C)n2)cc1. The molecule has 3 rings (SSSR count). The van der Waals surface area contributed by atoms with E-state index >= 15 is 0 Å². The third-order valence-electron chi connectivity index (χ3n) is 4.08. The van der Waals surface area contributed by atoms with Gasteiger partial charge in [-0.3, -0.25) is 4.79 Å². The van der Waals surface area contributed by atoms with Gasteiger partial charge in [-0.2, -0.15) is 5.10 Å². The lowest BCUT2D eigenvalue weighted by atomic mass is 10.1. The van der Waals surface area contributed by atoms with Gasteiger partial charge in [-0.1, -0.05) is 23.8 Å². The zero-order chi connectivity index (χ0) is 17.1. The molecular formula is C20H20N2O2. The molecule has 0 spiro atoms. The van der Waals surface area contributed by atoms with Crippen molar-refractivity contribution in [2.45, 2.75) is 20.4 Å². The van der Waals surface area contributed by atoms with Crippen LogP contribution >= 0.6 is 0 Å². The number of nitrogens with zero attached hydrogens (tertiary/aromatic N) is 2. The highest BCUT2D eigenvalue weighted by molar-refractivity contribution is 5.59. The summed E-state index contributed by atoms with van der Waals surface area (Å²) in [4.78, 5) is 12.2. The molecule has 0 aliphatic carbocycles. The maximum Gasteiger partial charge on any atom is 0.267 e. The van der Waals surface area contributed by atoms with Crippen molar-refractivity contribution in [3.63, 3.8) is 0 Å². The number of ether oxygens (including phenoxy) is 1. The molecule has 0 fully saturated rings. The fraction of sp³-hybridized carbons (Fsp3) is 0.200. The van der Waals surface area contributed by atoms with Crippen molar-refractivity contribution in [2.24, 2.45) is 0 Å². The van der Waals surface area contributed by atoms with Crippen LogP contribution in [0.2, 0.25) is 0 Å². The molecule has 0 radical (unpaired) electrons. The Bertz CT molecular complexity index is 912. The summed E-state index contributed by atoms with van der Waals surface area (Å²) in [6.45, 7) is 4.57. The second-order valence-electron chi connectivity index (χ2n) is 5.87. The van der Waals surface area contributed by atoms with Crippen LogP contribution in [0, 0.1) is 13.8 Å². The van der Waals surface area contributed by atoms with Crippen molar-refractivity contribution in [2.75, 3.05) is 7.11 Å². The monoisotopic (exact) mass is 320 g/mol. The van der Waals surface area contributed by atoms with Gasteiger partial charge in [0.2, 0.25) is 0 Å². The molecule has 1 heterocycles. The van der Waals surface area contributed by atoms with E-state index in [2.05, 4.69) is 23.3 Å². The maximum absolute atomic E-state index is 12.2. The Morgan fingerprint density at radius 3 is 2.46 bits per heavy atom. The highest BCUT2D eigenvalue weighted by Crippen LogP contribution is 2.20. The standard InChI is InChI=1S/C20H20N2O2/c1-14-4-5-15(2)17(12-14)13-22-20(23)11-10-19(21-22)16-6-8-18(24-3)9-7-16/h4-12H,13H2,1-3H3. The van der Waals surface area contributed by atoms with Crippen LogP contribution in [0.3, 0.4) is 0 Å². The van der Waals surface area contributed by atoms with E-state index in [0.29, 0.717) is 6.54 Å². The summed E-state index contributed by atoms with van der Waals surface area (Å²) in [5.41, 5.74) is 5.05. The molecule has 0 atom stereocenters. The fourth-order valence-electron chi connectivity index (χ4n) is 2.61. The normalized spacial score (nSPS) is 10.6. The van der Waals surface area contributed by atoms with Crippen molar-refractivity contribution in [1.82, 2.24) is 9.78 Å². The average molecular weight is 320 g/mol. The van der Waals surface area contributed by atoms with E-state index in [1.165, 1.54) is 10.2 Å². The summed E-state index contributed by atoms with van der Waals surface area (Å²) in [5.74, 6) is 0.794. The van der Waals surface area contributed by atoms with Crippen molar-refractivity contribution in [1.29, 1.82) is 0 Å². The van der Waals surface area contributed by atoms with E-state index in [9.17, 15) is 4.79 Å². The van der Waals surface area contributed by atoms with Gasteiger partial charge in [0, 0.05) is 11.6 Å². The third-order valence-corrected chi connectivity index (χ3v) is 4.08. The van der Waals surface area contributed by atoms with Gasteiger partial charge in [-0.15, -0.1) is 0 Å². The van der Waals surface area contributed by atoms with Gasteiger partial charge in [0.05, 0.1) is 19.3 Å². The number of hydrogen-bond acceptors (Lipinski definition) is 3. The van der Waals surface area contributed by atoms with E-state index in [0.717, 1.165) is 28.1 Å². The summed E-state index contributed by atoms with van der Waals surface area (Å²) < 4.78 is 6.69. The molecule has 122 valence electrons. The maximum atomic E-state index is 12.2. The van der Waals surface area contributed by atoms with Crippen LogP contribution in [0.5, 0.6) is 5.75 Å². The number of methoxy groups -OCH3 is 1. The van der Waals surface area contributed by atoms with E-state index in [1.54, 1.807) is 19.2 Å². The van der Waals surface area contributed by atoms with Gasteiger partial charge in [0.1, 0.15) is 5.75 Å². The minimum atomic E-state index is -0.104. The molecule has 3 aromatic rings. The molecule has 0 saturated carbocycles. The molecule has 1 aromatic heterocycles. The lowest BCUT2D eigenvalue weighted by Crippen LogP contribution is -2.23. The van der Waals surface area contributed by atoms with E-state index < -0.39 is 0 Å². The van der Waals surface area contributed by atoms with Crippen molar-refractivity contribution in [3.8, 4) is 17.0 Å². The number of rotatable bonds is 4. The Labute approximate surface area is 141 Å². The Hall–Kier alpha value is -2.88. The minimum absolute atomic E-state index is 0.104. The summed E-state index contributed by atoms with van der Waals surface area (Å²) in [6.07, 6.45) is 0. The quantitative estimate of drug-likeness (QED) is 0.738. The Balaban J connectivity index is 1.96. The number of aryl methyl sites for hydroxylation is 2. The Morgan fingerprint density at radius 1 is 1.00 bits per heavy atom. The lowest BCUT2D eigenvalue weighted by molar-refractivity contribution is 0.415. The van der Waals surface area contributed by atoms with Crippen LogP contribution in [0.1, 0.15) is 16.7 Å². The molecule has 24 heavy (non-hydrogen) atoms. The molecule has 0 aliphatic rings. The van der Waals surface area contributed by atoms with Crippen LogP contribution in [-0.4, -0.2) is 16.9 Å². The minimum Gasteiger partial charge on any atom is -0.497 e. The molecule has 4 heteroatoms. The van der Waals surface area contributed by atoms with E-state index in [1.807, 2.05) is 38.1 Å². The summed E-state index contributed by atoms with van der Waals surface area (Å²) in [5, 5.41) is 4.53. The number of benzene rings is 2. The third kappa shape index (κ3) is 3.38. The molecule has 0 bridgehead atoms. The Morgan fingerprint density at radius 2 is 1.75 bits per heavy atom. The van der Waals surface area contributed by atoms with Crippen LogP contribution in [0.15, 0.2) is 59.4 Å². The Kier molecular flexibility index (Phi) is 4.47. The zero-order valence-corrected chi connectivity index (χ0v) is 14.1. The summed E-state index contributed by atoms with van der Waals surface area (Å²) in [7, 11) is 1.64. The van der Waals surface area contributed by atoms with Gasteiger partial charge < -0.3 is 4.74 Å². The van der Waals surface area contributed by atoms with Crippen LogP contribution < -0.4 is 10.3 Å². The van der Waals surface area contributed by atoms with Crippen LogP contribution in [-0.2, 0) is 6.54 Å². The van der Waals surface area contributed by atoms with E-state index in [-0.39, 0.29) is 5.56 Å². The largest absolute Gasteiger partial charge is 0.497 e. The molecular weight excluding hydrogens is 300 g/mol. The van der Waals surface area contributed by atoms with Gasteiger partial charge in [0.25, 0.3) is 5.56 Å². The van der Waals surface area contributed by atoms with E-state index in [4.69, 9.17) is 4.74 Å². The number of aromatic nitrogens is 2. The van der Waals surface area contributed by atoms with Gasteiger partial charge >= 0.3 is 0 Å². The first kappa shape index (κ1) is 16.0. The molecule has 2 aromatic carbocycles.